The molecule has 2 heterocycles. The van der Waals surface area contributed by atoms with Crippen molar-refractivity contribution in [2.75, 3.05) is 0 Å². The van der Waals surface area contributed by atoms with Crippen LogP contribution in [0.4, 0.5) is 26.3 Å². The Kier molecular flexibility index (Phi) is 7.88. The van der Waals surface area contributed by atoms with Crippen molar-refractivity contribution in [2.45, 2.75) is 51.8 Å². The van der Waals surface area contributed by atoms with Gasteiger partial charge in [-0.2, -0.15) is 22.0 Å². The summed E-state index contributed by atoms with van der Waals surface area (Å²) in [6.07, 6.45) is -5.61. The van der Waals surface area contributed by atoms with Gasteiger partial charge in [-0.15, -0.1) is 0 Å². The van der Waals surface area contributed by atoms with Gasteiger partial charge in [0.15, 0.2) is 0 Å². The molecule has 0 saturated carbocycles. The standard InChI is InChI=1S/C22H22F6N4O3/c1-10(2)20(34)30-9-12-3-5-13(22(26,27)28)17(18(12)23)19-31-14(7-15(33)32-19)11-4-6-16(29-8-11)35-21(24)25/h3-6,8,10,14,19,21,31H,7,9H2,1-2H3,(H,30,34)(H,32,33). The average Bonchev–Trinajstić information content (AvgIpc) is 2.76. The first kappa shape index (κ1) is 26.3. The van der Waals surface area contributed by atoms with Gasteiger partial charge in [0.05, 0.1) is 5.56 Å². The van der Waals surface area contributed by atoms with Gasteiger partial charge < -0.3 is 15.4 Å². The van der Waals surface area contributed by atoms with E-state index in [2.05, 4.69) is 25.7 Å². The minimum Gasteiger partial charge on any atom is -0.417 e. The monoisotopic (exact) mass is 504 g/mol. The Morgan fingerprint density at radius 3 is 2.51 bits per heavy atom. The Bertz CT molecular complexity index is 1080. The molecule has 0 radical (unpaired) electrons. The number of amides is 2. The molecule has 2 unspecified atom stereocenters. The van der Waals surface area contributed by atoms with Crippen LogP contribution in [0.2, 0.25) is 0 Å². The molecule has 1 aliphatic heterocycles. The Morgan fingerprint density at radius 2 is 1.94 bits per heavy atom. The zero-order valence-corrected chi connectivity index (χ0v) is 18.6. The van der Waals surface area contributed by atoms with Crippen LogP contribution < -0.4 is 20.7 Å². The van der Waals surface area contributed by atoms with E-state index in [0.717, 1.165) is 18.3 Å². The predicted molar refractivity (Wildman–Crippen MR) is 110 cm³/mol. The lowest BCUT2D eigenvalue weighted by molar-refractivity contribution is -0.139. The summed E-state index contributed by atoms with van der Waals surface area (Å²) in [6.45, 7) is -0.246. The van der Waals surface area contributed by atoms with E-state index < -0.39 is 59.7 Å². The second kappa shape index (κ2) is 10.5. The second-order valence-corrected chi connectivity index (χ2v) is 8.10. The largest absolute Gasteiger partial charge is 0.417 e. The molecule has 13 heteroatoms. The minimum atomic E-state index is -4.94. The van der Waals surface area contributed by atoms with Crippen molar-refractivity contribution in [3.8, 4) is 5.88 Å². The molecule has 3 N–H and O–H groups in total. The highest BCUT2D eigenvalue weighted by atomic mass is 19.4. The Labute approximate surface area is 196 Å². The quantitative estimate of drug-likeness (QED) is 0.497. The van der Waals surface area contributed by atoms with Crippen molar-refractivity contribution in [3.05, 3.63) is 58.5 Å². The normalized spacial score (nSPS) is 18.5. The molecule has 0 spiro atoms. The molecule has 1 aliphatic rings. The zero-order chi connectivity index (χ0) is 25.9. The molecule has 7 nitrogen and oxygen atoms in total. The lowest BCUT2D eigenvalue weighted by Gasteiger charge is -2.34. The van der Waals surface area contributed by atoms with Crippen LogP contribution in [-0.4, -0.2) is 23.4 Å². The number of aromatic nitrogens is 1. The lowest BCUT2D eigenvalue weighted by Crippen LogP contribution is -2.47. The molecule has 1 saturated heterocycles. The number of halogens is 6. The highest BCUT2D eigenvalue weighted by molar-refractivity contribution is 5.78. The van der Waals surface area contributed by atoms with Crippen LogP contribution in [0.25, 0.3) is 0 Å². The molecule has 0 aliphatic carbocycles. The lowest BCUT2D eigenvalue weighted by atomic mass is 9.95. The molecule has 2 amide bonds. The number of pyridine rings is 1. The van der Waals surface area contributed by atoms with Gasteiger partial charge in [0, 0.05) is 48.3 Å². The van der Waals surface area contributed by atoms with E-state index in [9.17, 15) is 31.5 Å². The van der Waals surface area contributed by atoms with Crippen LogP contribution in [0.3, 0.4) is 0 Å². The van der Waals surface area contributed by atoms with Gasteiger partial charge in [-0.1, -0.05) is 26.0 Å². The molecule has 2 aromatic rings. The second-order valence-electron chi connectivity index (χ2n) is 8.10. The maximum absolute atomic E-state index is 15.4. The zero-order valence-electron chi connectivity index (χ0n) is 18.6. The molecule has 2 atom stereocenters. The van der Waals surface area contributed by atoms with Gasteiger partial charge in [0.1, 0.15) is 12.0 Å². The van der Waals surface area contributed by atoms with Gasteiger partial charge in [-0.3, -0.25) is 14.9 Å². The Balaban J connectivity index is 1.94. The third-order valence-electron chi connectivity index (χ3n) is 5.27. The van der Waals surface area contributed by atoms with Gasteiger partial charge >= 0.3 is 12.8 Å². The smallest absolute Gasteiger partial charge is 0.416 e. The maximum Gasteiger partial charge on any atom is 0.416 e. The van der Waals surface area contributed by atoms with E-state index in [1.54, 1.807) is 13.8 Å². The fourth-order valence-electron chi connectivity index (χ4n) is 3.53. The van der Waals surface area contributed by atoms with Crippen LogP contribution >= 0.6 is 0 Å². The van der Waals surface area contributed by atoms with Crippen LogP contribution in [0, 0.1) is 11.7 Å². The van der Waals surface area contributed by atoms with Gasteiger partial charge in [-0.05, 0) is 11.6 Å². The van der Waals surface area contributed by atoms with E-state index in [1.807, 2.05) is 0 Å². The summed E-state index contributed by atoms with van der Waals surface area (Å²) in [6, 6.07) is 3.15. The summed E-state index contributed by atoms with van der Waals surface area (Å²) >= 11 is 0. The van der Waals surface area contributed by atoms with Crippen molar-refractivity contribution < 1.29 is 40.7 Å². The first-order valence-corrected chi connectivity index (χ1v) is 10.5. The van der Waals surface area contributed by atoms with Crippen LogP contribution in [0.1, 0.15) is 54.7 Å². The van der Waals surface area contributed by atoms with E-state index in [1.165, 1.54) is 6.07 Å². The van der Waals surface area contributed by atoms with E-state index in [-0.39, 0.29) is 24.4 Å². The van der Waals surface area contributed by atoms with E-state index in [4.69, 9.17) is 0 Å². The molecule has 3 rings (SSSR count). The number of rotatable bonds is 7. The third kappa shape index (κ3) is 6.41. The van der Waals surface area contributed by atoms with Crippen LogP contribution in [-0.2, 0) is 22.3 Å². The number of carbonyl (C=O) groups excluding carboxylic acids is 2. The first-order chi connectivity index (χ1) is 16.4. The Morgan fingerprint density at radius 1 is 1.23 bits per heavy atom. The minimum absolute atomic E-state index is 0.199. The summed E-state index contributed by atoms with van der Waals surface area (Å²) < 4.78 is 85.4. The fraction of sp³-hybridized carbons (Fsp3) is 0.409. The van der Waals surface area contributed by atoms with Gasteiger partial charge in [0.25, 0.3) is 0 Å². The summed E-state index contributed by atoms with van der Waals surface area (Å²) in [5.41, 5.74) is -2.04. The number of nitrogens with zero attached hydrogens (tertiary/aromatic N) is 1. The number of hydrogen-bond donors (Lipinski definition) is 3. The fourth-order valence-corrected chi connectivity index (χ4v) is 3.53. The molecule has 1 aromatic carbocycles. The molecule has 1 fully saturated rings. The van der Waals surface area contributed by atoms with Gasteiger partial charge in [-0.25, -0.2) is 9.37 Å². The molecular formula is C22H22F6N4O3. The third-order valence-corrected chi connectivity index (χ3v) is 5.27. The highest BCUT2D eigenvalue weighted by Gasteiger charge is 2.40. The summed E-state index contributed by atoms with van der Waals surface area (Å²) in [5.74, 6) is -3.12. The van der Waals surface area contributed by atoms with Crippen LogP contribution in [0.5, 0.6) is 5.88 Å². The molecule has 35 heavy (non-hydrogen) atoms. The molecule has 1 aromatic heterocycles. The molecule has 0 bridgehead atoms. The van der Waals surface area contributed by atoms with Crippen molar-refractivity contribution in [2.24, 2.45) is 5.92 Å². The summed E-state index contributed by atoms with van der Waals surface area (Å²) in [7, 11) is 0. The topological polar surface area (TPSA) is 92.4 Å². The van der Waals surface area contributed by atoms with Crippen molar-refractivity contribution >= 4 is 11.8 Å². The number of nitrogens with one attached hydrogen (secondary N) is 3. The van der Waals surface area contributed by atoms with E-state index in [0.29, 0.717) is 11.6 Å². The van der Waals surface area contributed by atoms with Crippen molar-refractivity contribution in [3.63, 3.8) is 0 Å². The van der Waals surface area contributed by atoms with Crippen LogP contribution in [0.15, 0.2) is 30.5 Å². The number of carbonyl (C=O) groups is 2. The SMILES string of the molecule is CC(C)C(=O)NCc1ccc(C(F)(F)F)c(C2NC(=O)CC(c3ccc(OC(F)F)nc3)N2)c1F. The molecular weight excluding hydrogens is 482 g/mol. The number of hydrogen-bond acceptors (Lipinski definition) is 5. The van der Waals surface area contributed by atoms with E-state index >= 15 is 4.39 Å². The summed E-state index contributed by atoms with van der Waals surface area (Å²) in [5, 5.41) is 7.51. The Hall–Kier alpha value is -3.35. The predicted octanol–water partition coefficient (Wildman–Crippen LogP) is 3.96. The highest BCUT2D eigenvalue weighted by Crippen LogP contribution is 2.38. The molecule has 190 valence electrons. The first-order valence-electron chi connectivity index (χ1n) is 10.5. The number of alkyl halides is 5. The van der Waals surface area contributed by atoms with Crippen molar-refractivity contribution in [1.29, 1.82) is 0 Å². The average molecular weight is 504 g/mol. The summed E-state index contributed by atoms with van der Waals surface area (Å²) in [4.78, 5) is 27.9. The number of ether oxygens (including phenoxy) is 1. The van der Waals surface area contributed by atoms with Crippen molar-refractivity contribution in [1.82, 2.24) is 20.9 Å². The van der Waals surface area contributed by atoms with Gasteiger partial charge in [0.2, 0.25) is 17.7 Å². The number of benzene rings is 1. The maximum atomic E-state index is 15.4.